The molecule has 12 heteroatoms. The lowest BCUT2D eigenvalue weighted by atomic mass is 10.2. The molecule has 0 aromatic carbocycles. The van der Waals surface area contributed by atoms with E-state index in [1.807, 2.05) is 25.3 Å². The topological polar surface area (TPSA) is 129 Å². The van der Waals surface area contributed by atoms with Gasteiger partial charge in [-0.3, -0.25) is 9.48 Å². The van der Waals surface area contributed by atoms with Crippen LogP contribution < -0.4 is 10.1 Å². The standard InChI is InChI=1S/C22H30N8O4/c1-22(2,3)34-21(32)28(4)11-8-12-30-14-23-26-18(30)16-9-7-10-17(24-16)25-19(31)15-13-29(5)27-20(15)33-6/h7,9-10,13-14H,8,11-12H2,1-6H3,(H,24,25,31). The zero-order valence-corrected chi connectivity index (χ0v) is 20.3. The first-order valence-electron chi connectivity index (χ1n) is 10.8. The van der Waals surface area contributed by atoms with Crippen molar-refractivity contribution in [3.8, 4) is 17.4 Å². The third kappa shape index (κ3) is 6.30. The van der Waals surface area contributed by atoms with Gasteiger partial charge >= 0.3 is 6.09 Å². The molecule has 0 aliphatic rings. The van der Waals surface area contributed by atoms with Gasteiger partial charge in [0.05, 0.1) is 7.11 Å². The van der Waals surface area contributed by atoms with Gasteiger partial charge in [-0.05, 0) is 39.3 Å². The smallest absolute Gasteiger partial charge is 0.410 e. The highest BCUT2D eigenvalue weighted by Crippen LogP contribution is 2.20. The van der Waals surface area contributed by atoms with Gasteiger partial charge in [-0.1, -0.05) is 6.07 Å². The second kappa shape index (κ2) is 10.3. The Balaban J connectivity index is 1.65. The summed E-state index contributed by atoms with van der Waals surface area (Å²) in [6, 6.07) is 5.24. The summed E-state index contributed by atoms with van der Waals surface area (Å²) in [7, 11) is 4.86. The van der Waals surface area contributed by atoms with Crippen molar-refractivity contribution < 1.29 is 19.1 Å². The summed E-state index contributed by atoms with van der Waals surface area (Å²) < 4.78 is 13.9. The molecule has 12 nitrogen and oxygen atoms in total. The number of rotatable bonds is 8. The normalized spacial score (nSPS) is 11.2. The summed E-state index contributed by atoms with van der Waals surface area (Å²) in [5.41, 5.74) is 0.310. The van der Waals surface area contributed by atoms with Crippen LogP contribution in [0.2, 0.25) is 0 Å². The highest BCUT2D eigenvalue weighted by molar-refractivity contribution is 6.05. The second-order valence-corrected chi connectivity index (χ2v) is 8.69. The van der Waals surface area contributed by atoms with E-state index in [4.69, 9.17) is 9.47 Å². The van der Waals surface area contributed by atoms with Crippen LogP contribution in [-0.4, -0.2) is 72.7 Å². The van der Waals surface area contributed by atoms with Gasteiger partial charge in [0, 0.05) is 33.4 Å². The lowest BCUT2D eigenvalue weighted by Crippen LogP contribution is -2.35. The highest BCUT2D eigenvalue weighted by atomic mass is 16.6. The van der Waals surface area contributed by atoms with Gasteiger partial charge in [-0.2, -0.15) is 0 Å². The van der Waals surface area contributed by atoms with Crippen LogP contribution in [0.3, 0.4) is 0 Å². The van der Waals surface area contributed by atoms with Gasteiger partial charge in [-0.25, -0.2) is 9.78 Å². The maximum Gasteiger partial charge on any atom is 0.410 e. The maximum absolute atomic E-state index is 12.7. The fourth-order valence-corrected chi connectivity index (χ4v) is 3.11. The fraction of sp³-hybridized carbons (Fsp3) is 0.455. The van der Waals surface area contributed by atoms with E-state index in [1.54, 1.807) is 44.8 Å². The molecule has 182 valence electrons. The number of hydrogen-bond acceptors (Lipinski definition) is 8. The summed E-state index contributed by atoms with van der Waals surface area (Å²) >= 11 is 0. The Morgan fingerprint density at radius 3 is 2.71 bits per heavy atom. The average Bonchev–Trinajstić information content (AvgIpc) is 3.39. The largest absolute Gasteiger partial charge is 0.479 e. The molecule has 1 N–H and O–H groups in total. The minimum absolute atomic E-state index is 0.229. The SMILES string of the molecule is COc1nn(C)cc1C(=O)Nc1cccc(-c2nncn2CCCN(C)C(=O)OC(C)(C)C)n1. The summed E-state index contributed by atoms with van der Waals surface area (Å²) in [5, 5.41) is 15.0. The molecule has 0 fully saturated rings. The molecule has 0 radical (unpaired) electrons. The van der Waals surface area contributed by atoms with Crippen molar-refractivity contribution in [3.05, 3.63) is 36.3 Å². The Hall–Kier alpha value is -3.96. The number of aryl methyl sites for hydroxylation is 2. The summed E-state index contributed by atoms with van der Waals surface area (Å²) in [6.45, 7) is 6.57. The number of aromatic nitrogens is 6. The first-order valence-corrected chi connectivity index (χ1v) is 10.8. The number of methoxy groups -OCH3 is 1. The number of ether oxygens (including phenoxy) is 2. The van der Waals surface area contributed by atoms with Gasteiger partial charge in [0.15, 0.2) is 5.82 Å². The van der Waals surface area contributed by atoms with E-state index in [0.717, 1.165) is 0 Å². The van der Waals surface area contributed by atoms with Crippen molar-refractivity contribution >= 4 is 17.8 Å². The molecule has 3 rings (SSSR count). The van der Waals surface area contributed by atoms with Crippen LogP contribution in [0.1, 0.15) is 37.6 Å². The zero-order valence-electron chi connectivity index (χ0n) is 20.3. The Bertz CT molecular complexity index is 1150. The summed E-state index contributed by atoms with van der Waals surface area (Å²) in [4.78, 5) is 30.8. The van der Waals surface area contributed by atoms with E-state index < -0.39 is 5.60 Å². The Kier molecular flexibility index (Phi) is 7.49. The van der Waals surface area contributed by atoms with Crippen molar-refractivity contribution in [1.82, 2.24) is 34.4 Å². The number of pyridine rings is 1. The van der Waals surface area contributed by atoms with Gasteiger partial charge < -0.3 is 24.3 Å². The first kappa shape index (κ1) is 24.7. The second-order valence-electron chi connectivity index (χ2n) is 8.69. The molecule has 0 unspecified atom stereocenters. The molecule has 0 saturated heterocycles. The van der Waals surface area contributed by atoms with Crippen LogP contribution in [-0.2, 0) is 18.3 Å². The maximum atomic E-state index is 12.7. The number of nitrogens with zero attached hydrogens (tertiary/aromatic N) is 7. The molecule has 0 spiro atoms. The average molecular weight is 471 g/mol. The van der Waals surface area contributed by atoms with Crippen molar-refractivity contribution in [2.45, 2.75) is 39.3 Å². The Morgan fingerprint density at radius 1 is 1.24 bits per heavy atom. The van der Waals surface area contributed by atoms with Gasteiger partial charge in [0.1, 0.15) is 29.0 Å². The van der Waals surface area contributed by atoms with Crippen LogP contribution in [0.15, 0.2) is 30.7 Å². The molecule has 0 bridgehead atoms. The van der Waals surface area contributed by atoms with E-state index >= 15 is 0 Å². The fourth-order valence-electron chi connectivity index (χ4n) is 3.11. The van der Waals surface area contributed by atoms with E-state index in [0.29, 0.717) is 42.4 Å². The molecule has 3 heterocycles. The molecule has 2 amide bonds. The zero-order chi connectivity index (χ0) is 24.9. The van der Waals surface area contributed by atoms with E-state index in [9.17, 15) is 9.59 Å². The van der Waals surface area contributed by atoms with Gasteiger partial charge in [0.25, 0.3) is 5.91 Å². The van der Waals surface area contributed by atoms with Gasteiger partial charge in [-0.15, -0.1) is 15.3 Å². The number of hydrogen-bond donors (Lipinski definition) is 1. The minimum Gasteiger partial charge on any atom is -0.479 e. The van der Waals surface area contributed by atoms with Crippen molar-refractivity contribution in [3.63, 3.8) is 0 Å². The molecule has 0 atom stereocenters. The number of amides is 2. The van der Waals surface area contributed by atoms with Crippen LogP contribution in [0.25, 0.3) is 11.5 Å². The Labute approximate surface area is 197 Å². The van der Waals surface area contributed by atoms with Crippen molar-refractivity contribution in [2.24, 2.45) is 7.05 Å². The quantitative estimate of drug-likeness (QED) is 0.532. The molecule has 3 aromatic heterocycles. The third-order valence-electron chi connectivity index (χ3n) is 4.67. The third-order valence-corrected chi connectivity index (χ3v) is 4.67. The van der Waals surface area contributed by atoms with E-state index in [2.05, 4.69) is 25.6 Å². The molecular weight excluding hydrogens is 440 g/mol. The predicted octanol–water partition coefficient (Wildman–Crippen LogP) is 2.59. The first-order chi connectivity index (χ1) is 16.1. The number of carbonyl (C=O) groups excluding carboxylic acids is 2. The van der Waals surface area contributed by atoms with Crippen LogP contribution in [0, 0.1) is 0 Å². The molecule has 3 aromatic rings. The van der Waals surface area contributed by atoms with Crippen molar-refractivity contribution in [2.75, 3.05) is 26.0 Å². The Morgan fingerprint density at radius 2 is 2.00 bits per heavy atom. The van der Waals surface area contributed by atoms with Crippen LogP contribution >= 0.6 is 0 Å². The van der Waals surface area contributed by atoms with E-state index in [-0.39, 0.29) is 17.9 Å². The number of nitrogens with one attached hydrogen (secondary N) is 1. The highest BCUT2D eigenvalue weighted by Gasteiger charge is 2.20. The molecule has 34 heavy (non-hydrogen) atoms. The van der Waals surface area contributed by atoms with E-state index in [1.165, 1.54) is 16.7 Å². The van der Waals surface area contributed by atoms with Gasteiger partial charge in [0.2, 0.25) is 5.88 Å². The molecular formula is C22H30N8O4. The molecule has 0 aliphatic heterocycles. The minimum atomic E-state index is -0.541. The predicted molar refractivity (Wildman–Crippen MR) is 124 cm³/mol. The molecule has 0 aliphatic carbocycles. The number of anilines is 1. The number of carbonyl (C=O) groups is 2. The monoisotopic (exact) mass is 470 g/mol. The summed E-state index contributed by atoms with van der Waals surface area (Å²) in [6.07, 6.45) is 3.48. The molecule has 0 saturated carbocycles. The van der Waals surface area contributed by atoms with Crippen LogP contribution in [0.4, 0.5) is 10.6 Å². The summed E-state index contributed by atoms with van der Waals surface area (Å²) in [5.74, 6) is 0.746. The van der Waals surface area contributed by atoms with Crippen molar-refractivity contribution in [1.29, 1.82) is 0 Å². The lowest BCUT2D eigenvalue weighted by molar-refractivity contribution is 0.0295. The van der Waals surface area contributed by atoms with Crippen LogP contribution in [0.5, 0.6) is 5.88 Å². The lowest BCUT2D eigenvalue weighted by Gasteiger charge is -2.24.